The number of rotatable bonds is 5. The number of aromatic nitrogens is 1. The van der Waals surface area contributed by atoms with Crippen molar-refractivity contribution in [3.63, 3.8) is 0 Å². The van der Waals surface area contributed by atoms with Gasteiger partial charge in [-0.25, -0.2) is 13.4 Å². The average Bonchev–Trinajstić information content (AvgIpc) is 2.35. The van der Waals surface area contributed by atoms with Crippen molar-refractivity contribution in [3.05, 3.63) is 23.9 Å². The van der Waals surface area contributed by atoms with Gasteiger partial charge in [0.25, 0.3) is 0 Å². The van der Waals surface area contributed by atoms with E-state index in [2.05, 4.69) is 4.98 Å². The van der Waals surface area contributed by atoms with Gasteiger partial charge in [0.2, 0.25) is 10.0 Å². The summed E-state index contributed by atoms with van der Waals surface area (Å²) in [4.78, 5) is 3.95. The van der Waals surface area contributed by atoms with Crippen LogP contribution in [-0.4, -0.2) is 26.2 Å². The normalized spacial score (nSPS) is 10.9. The zero-order valence-corrected chi connectivity index (χ0v) is 10.7. The van der Waals surface area contributed by atoms with Crippen molar-refractivity contribution >= 4 is 15.8 Å². The molecule has 0 saturated carbocycles. The Hall–Kier alpha value is -1.61. The van der Waals surface area contributed by atoms with E-state index in [9.17, 15) is 8.42 Å². The van der Waals surface area contributed by atoms with E-state index < -0.39 is 10.0 Å². The van der Waals surface area contributed by atoms with Crippen LogP contribution in [-0.2, 0) is 10.0 Å². The van der Waals surface area contributed by atoms with Gasteiger partial charge in [-0.1, -0.05) is 13.3 Å². The number of hydrogen-bond donors (Lipinski definition) is 0. The Balaban J connectivity index is 2.88. The molecule has 0 aromatic carbocycles. The van der Waals surface area contributed by atoms with E-state index in [0.29, 0.717) is 17.8 Å². The van der Waals surface area contributed by atoms with Gasteiger partial charge in [-0.05, 0) is 18.6 Å². The highest BCUT2D eigenvalue weighted by Crippen LogP contribution is 2.14. The van der Waals surface area contributed by atoms with Crippen LogP contribution in [0.3, 0.4) is 0 Å². The summed E-state index contributed by atoms with van der Waals surface area (Å²) >= 11 is 0. The molecule has 6 heteroatoms. The molecule has 0 aliphatic rings. The molecular formula is C11H15N3O2S. The van der Waals surface area contributed by atoms with Gasteiger partial charge < -0.3 is 0 Å². The fourth-order valence-corrected chi connectivity index (χ4v) is 2.56. The molecule has 1 rings (SSSR count). The van der Waals surface area contributed by atoms with Crippen LogP contribution in [0.2, 0.25) is 0 Å². The van der Waals surface area contributed by atoms with Crippen molar-refractivity contribution in [1.82, 2.24) is 4.98 Å². The quantitative estimate of drug-likeness (QED) is 0.797. The summed E-state index contributed by atoms with van der Waals surface area (Å²) in [5, 5.41) is 8.62. The van der Waals surface area contributed by atoms with E-state index in [0.717, 1.165) is 10.7 Å². The lowest BCUT2D eigenvalue weighted by molar-refractivity contribution is 0.590. The van der Waals surface area contributed by atoms with E-state index >= 15 is 0 Å². The maximum Gasteiger partial charge on any atom is 0.236 e. The highest BCUT2D eigenvalue weighted by molar-refractivity contribution is 7.92. The summed E-state index contributed by atoms with van der Waals surface area (Å²) in [6, 6.07) is 5.02. The third kappa shape index (κ3) is 3.43. The summed E-state index contributed by atoms with van der Waals surface area (Å²) in [5.74, 6) is 0.446. The molecular weight excluding hydrogens is 238 g/mol. The smallest absolute Gasteiger partial charge is 0.236 e. The first-order chi connectivity index (χ1) is 8.01. The van der Waals surface area contributed by atoms with Crippen molar-refractivity contribution in [3.8, 4) is 6.07 Å². The van der Waals surface area contributed by atoms with Crippen molar-refractivity contribution in [2.24, 2.45) is 0 Å². The molecule has 5 nitrogen and oxygen atoms in total. The Bertz CT molecular complexity index is 503. The fourth-order valence-electron chi connectivity index (χ4n) is 1.24. The molecule has 0 bridgehead atoms. The van der Waals surface area contributed by atoms with E-state index in [1.165, 1.54) is 19.3 Å². The topological polar surface area (TPSA) is 74.1 Å². The number of nitriles is 1. The van der Waals surface area contributed by atoms with Gasteiger partial charge in [0.05, 0.1) is 11.3 Å². The lowest BCUT2D eigenvalue weighted by Gasteiger charge is -2.17. The first-order valence-electron chi connectivity index (χ1n) is 5.34. The van der Waals surface area contributed by atoms with Crippen LogP contribution in [0.25, 0.3) is 0 Å². The zero-order chi connectivity index (χ0) is 12.9. The predicted molar refractivity (Wildman–Crippen MR) is 66.0 cm³/mol. The lowest BCUT2D eigenvalue weighted by Crippen LogP contribution is -2.29. The van der Waals surface area contributed by atoms with Gasteiger partial charge in [0.15, 0.2) is 0 Å². The van der Waals surface area contributed by atoms with Crippen LogP contribution in [0.5, 0.6) is 0 Å². The highest BCUT2D eigenvalue weighted by atomic mass is 32.2. The third-order valence-corrected chi connectivity index (χ3v) is 4.20. The molecule has 0 N–H and O–H groups in total. The standard InChI is InChI=1S/C11H15N3O2S/c1-3-4-7-17(15,16)14(2)11-6-5-10(8-12)9-13-11/h5-6,9H,3-4,7H2,1-2H3. The second kappa shape index (κ2) is 5.64. The molecule has 0 radical (unpaired) electrons. The Morgan fingerprint density at radius 1 is 1.47 bits per heavy atom. The monoisotopic (exact) mass is 253 g/mol. The maximum absolute atomic E-state index is 11.9. The van der Waals surface area contributed by atoms with Crippen LogP contribution < -0.4 is 4.31 Å². The fraction of sp³-hybridized carbons (Fsp3) is 0.455. The van der Waals surface area contributed by atoms with Gasteiger partial charge in [0.1, 0.15) is 11.9 Å². The number of anilines is 1. The molecule has 1 aromatic rings. The number of hydrogen-bond acceptors (Lipinski definition) is 4. The molecule has 0 spiro atoms. The van der Waals surface area contributed by atoms with E-state index in [4.69, 9.17) is 5.26 Å². The van der Waals surface area contributed by atoms with Crippen LogP contribution in [0.15, 0.2) is 18.3 Å². The van der Waals surface area contributed by atoms with Crippen molar-refractivity contribution in [1.29, 1.82) is 5.26 Å². The minimum atomic E-state index is -3.31. The highest BCUT2D eigenvalue weighted by Gasteiger charge is 2.18. The molecule has 92 valence electrons. The summed E-state index contributed by atoms with van der Waals surface area (Å²) < 4.78 is 24.9. The first kappa shape index (κ1) is 13.5. The van der Waals surface area contributed by atoms with E-state index in [1.54, 1.807) is 6.07 Å². The minimum absolute atomic E-state index is 0.113. The SMILES string of the molecule is CCCCS(=O)(=O)N(C)c1ccc(C#N)cn1. The van der Waals surface area contributed by atoms with Gasteiger partial charge in [0, 0.05) is 13.2 Å². The second-order valence-corrected chi connectivity index (χ2v) is 5.77. The van der Waals surface area contributed by atoms with Crippen molar-refractivity contribution in [2.75, 3.05) is 17.1 Å². The van der Waals surface area contributed by atoms with Crippen LogP contribution >= 0.6 is 0 Å². The number of unbranched alkanes of at least 4 members (excludes halogenated alkanes) is 1. The molecule has 0 saturated heterocycles. The van der Waals surface area contributed by atoms with E-state index in [-0.39, 0.29) is 5.75 Å². The van der Waals surface area contributed by atoms with Gasteiger partial charge >= 0.3 is 0 Å². The predicted octanol–water partition coefficient (Wildman–Crippen LogP) is 1.52. The molecule has 0 atom stereocenters. The first-order valence-corrected chi connectivity index (χ1v) is 6.95. The second-order valence-electron chi connectivity index (χ2n) is 3.65. The molecule has 0 fully saturated rings. The van der Waals surface area contributed by atoms with Crippen molar-refractivity contribution in [2.45, 2.75) is 19.8 Å². The molecule has 0 aliphatic heterocycles. The number of sulfonamides is 1. The molecule has 17 heavy (non-hydrogen) atoms. The average molecular weight is 253 g/mol. The lowest BCUT2D eigenvalue weighted by atomic mass is 10.3. The van der Waals surface area contributed by atoms with Crippen LogP contribution in [0.1, 0.15) is 25.3 Å². The Kier molecular flexibility index (Phi) is 4.46. The molecule has 0 amide bonds. The number of nitrogens with zero attached hydrogens (tertiary/aromatic N) is 3. The van der Waals surface area contributed by atoms with Crippen molar-refractivity contribution < 1.29 is 8.42 Å². The maximum atomic E-state index is 11.9. The van der Waals surface area contributed by atoms with Gasteiger partial charge in [-0.2, -0.15) is 5.26 Å². The number of pyridine rings is 1. The van der Waals surface area contributed by atoms with Crippen LogP contribution in [0.4, 0.5) is 5.82 Å². The Morgan fingerprint density at radius 3 is 2.65 bits per heavy atom. The molecule has 0 unspecified atom stereocenters. The summed E-state index contributed by atoms with van der Waals surface area (Å²) in [6.07, 6.45) is 2.82. The van der Waals surface area contributed by atoms with Gasteiger partial charge in [-0.15, -0.1) is 0 Å². The Labute approximate surface area is 102 Å². The summed E-state index contributed by atoms with van der Waals surface area (Å²) in [6.45, 7) is 1.94. The van der Waals surface area contributed by atoms with E-state index in [1.807, 2.05) is 13.0 Å². The zero-order valence-electron chi connectivity index (χ0n) is 9.92. The summed E-state index contributed by atoms with van der Waals surface area (Å²) in [7, 11) is -1.84. The molecule has 0 aliphatic carbocycles. The van der Waals surface area contributed by atoms with Gasteiger partial charge in [-0.3, -0.25) is 4.31 Å². The summed E-state index contributed by atoms with van der Waals surface area (Å²) in [5.41, 5.74) is 0.410. The minimum Gasteiger partial charge on any atom is -0.257 e. The van der Waals surface area contributed by atoms with Crippen LogP contribution in [0, 0.1) is 11.3 Å². The molecule has 1 heterocycles. The largest absolute Gasteiger partial charge is 0.257 e. The third-order valence-electron chi connectivity index (χ3n) is 2.37. The Morgan fingerprint density at radius 2 is 2.18 bits per heavy atom. The molecule has 1 aromatic heterocycles.